The summed E-state index contributed by atoms with van der Waals surface area (Å²) in [7, 11) is -2.29. The molecular weight excluding hydrogens is 460 g/mol. The first kappa shape index (κ1) is 21.6. The summed E-state index contributed by atoms with van der Waals surface area (Å²) in [6, 6.07) is 13.3. The Bertz CT molecular complexity index is 1410. The fraction of sp³-hybridized carbons (Fsp3) is 0.217. The van der Waals surface area contributed by atoms with E-state index in [1.54, 1.807) is 12.1 Å². The van der Waals surface area contributed by atoms with Crippen LogP contribution >= 0.6 is 11.3 Å². The fourth-order valence-electron chi connectivity index (χ4n) is 4.10. The number of nitrogens with one attached hydrogen (secondary N) is 2. The largest absolute Gasteiger partial charge is 0.497 e. The number of carbonyl (C=O) groups is 1. The highest BCUT2D eigenvalue weighted by atomic mass is 32.2. The second-order valence-electron chi connectivity index (χ2n) is 7.72. The Morgan fingerprint density at radius 3 is 2.79 bits per heavy atom. The lowest BCUT2D eigenvalue weighted by Gasteiger charge is -2.23. The predicted molar refractivity (Wildman–Crippen MR) is 128 cm³/mol. The van der Waals surface area contributed by atoms with E-state index in [0.717, 1.165) is 22.2 Å². The van der Waals surface area contributed by atoms with Gasteiger partial charge in [-0.1, -0.05) is 18.2 Å². The summed E-state index contributed by atoms with van der Waals surface area (Å²) in [6.45, 7) is 0.297. The van der Waals surface area contributed by atoms with E-state index in [9.17, 15) is 13.2 Å². The van der Waals surface area contributed by atoms with E-state index >= 15 is 0 Å². The molecule has 2 aromatic carbocycles. The molecule has 1 atom stereocenters. The van der Waals surface area contributed by atoms with E-state index in [1.807, 2.05) is 35.8 Å². The number of rotatable bonds is 6. The molecule has 0 radical (unpaired) electrons. The average Bonchev–Trinajstić information content (AvgIpc) is 3.58. The van der Waals surface area contributed by atoms with Crippen molar-refractivity contribution in [3.63, 3.8) is 0 Å². The first-order valence-corrected chi connectivity index (χ1v) is 12.8. The van der Waals surface area contributed by atoms with Crippen LogP contribution in [0.25, 0.3) is 22.2 Å². The van der Waals surface area contributed by atoms with Gasteiger partial charge in [-0.3, -0.25) is 4.79 Å². The number of nitrogens with zero attached hydrogens (tertiary/aromatic N) is 2. The number of benzene rings is 2. The van der Waals surface area contributed by atoms with Crippen LogP contribution in [-0.2, 0) is 14.8 Å². The summed E-state index contributed by atoms with van der Waals surface area (Å²) in [6.07, 6.45) is 2.97. The summed E-state index contributed by atoms with van der Waals surface area (Å²) >= 11 is 1.31. The number of aromatic nitrogens is 2. The molecule has 1 fully saturated rings. The fourth-order valence-corrected chi connectivity index (χ4v) is 6.47. The molecule has 2 N–H and O–H groups in total. The minimum Gasteiger partial charge on any atom is -0.497 e. The van der Waals surface area contributed by atoms with Crippen LogP contribution in [-0.4, -0.2) is 48.3 Å². The van der Waals surface area contributed by atoms with Crippen molar-refractivity contribution in [3.8, 4) is 17.0 Å². The molecule has 1 amide bonds. The van der Waals surface area contributed by atoms with Crippen LogP contribution in [0.15, 0.2) is 65.0 Å². The van der Waals surface area contributed by atoms with Gasteiger partial charge in [0.05, 0.1) is 17.7 Å². The van der Waals surface area contributed by atoms with Gasteiger partial charge in [0.25, 0.3) is 0 Å². The number of methoxy groups -OCH3 is 1. The molecule has 0 aliphatic carbocycles. The van der Waals surface area contributed by atoms with Crippen LogP contribution in [0, 0.1) is 0 Å². The van der Waals surface area contributed by atoms with Gasteiger partial charge in [-0.05, 0) is 43.2 Å². The number of hydrogen-bond donors (Lipinski definition) is 2. The Morgan fingerprint density at radius 1 is 1.21 bits per heavy atom. The molecule has 1 aliphatic heterocycles. The number of ether oxygens (including phenoxy) is 1. The average molecular weight is 483 g/mol. The molecule has 0 bridgehead atoms. The summed E-state index contributed by atoms with van der Waals surface area (Å²) in [5.74, 6) is 0.198. The summed E-state index contributed by atoms with van der Waals surface area (Å²) < 4.78 is 32.7. The molecule has 0 unspecified atom stereocenters. The minimum atomic E-state index is -3.81. The lowest BCUT2D eigenvalue weighted by atomic mass is 10.1. The van der Waals surface area contributed by atoms with Crippen LogP contribution in [0.1, 0.15) is 12.8 Å². The maximum absolute atomic E-state index is 13.2. The minimum absolute atomic E-state index is 0.138. The second kappa shape index (κ2) is 8.62. The van der Waals surface area contributed by atoms with E-state index in [2.05, 4.69) is 15.3 Å². The third-order valence-electron chi connectivity index (χ3n) is 5.77. The van der Waals surface area contributed by atoms with E-state index in [0.29, 0.717) is 30.3 Å². The van der Waals surface area contributed by atoms with Crippen LogP contribution in [0.2, 0.25) is 0 Å². The molecule has 8 nitrogen and oxygen atoms in total. The van der Waals surface area contributed by atoms with Crippen LogP contribution in [0.4, 0.5) is 5.13 Å². The van der Waals surface area contributed by atoms with Crippen LogP contribution in [0.3, 0.4) is 0 Å². The van der Waals surface area contributed by atoms with Crippen molar-refractivity contribution < 1.29 is 17.9 Å². The van der Waals surface area contributed by atoms with Crippen molar-refractivity contribution >= 4 is 43.3 Å². The van der Waals surface area contributed by atoms with Crippen LogP contribution in [0.5, 0.6) is 5.75 Å². The van der Waals surface area contributed by atoms with Crippen LogP contribution < -0.4 is 10.1 Å². The van der Waals surface area contributed by atoms with Gasteiger partial charge in [0, 0.05) is 34.6 Å². The van der Waals surface area contributed by atoms with Crippen molar-refractivity contribution in [2.75, 3.05) is 19.0 Å². The van der Waals surface area contributed by atoms with Gasteiger partial charge in [-0.25, -0.2) is 13.4 Å². The van der Waals surface area contributed by atoms with Gasteiger partial charge in [0.2, 0.25) is 15.9 Å². The lowest BCUT2D eigenvalue weighted by Crippen LogP contribution is -2.43. The summed E-state index contributed by atoms with van der Waals surface area (Å²) in [4.78, 5) is 21.0. The zero-order chi connectivity index (χ0) is 23.0. The number of anilines is 1. The highest BCUT2D eigenvalue weighted by molar-refractivity contribution is 7.89. The maximum atomic E-state index is 13.2. The second-order valence-corrected chi connectivity index (χ2v) is 10.5. The Hall–Kier alpha value is -3.21. The van der Waals surface area contributed by atoms with Gasteiger partial charge in [-0.2, -0.15) is 4.31 Å². The van der Waals surface area contributed by atoms with Gasteiger partial charge in [0.15, 0.2) is 5.13 Å². The molecule has 0 spiro atoms. The standard InChI is InChI=1S/C23H22N4O4S2/c1-31-15-8-10-16(11-9-15)33(29,30)27-12-4-7-21(27)22(28)26-23-25-20(14-32-23)18-13-24-19-6-3-2-5-17(18)19/h2-3,5-6,8-11,13-14,21,24H,4,7,12H2,1H3,(H,25,26,28)/t21-/m1/s1. The van der Waals surface area contributed by atoms with Gasteiger partial charge in [0.1, 0.15) is 11.8 Å². The van der Waals surface area contributed by atoms with E-state index in [4.69, 9.17) is 4.74 Å². The zero-order valence-electron chi connectivity index (χ0n) is 17.8. The lowest BCUT2D eigenvalue weighted by molar-refractivity contribution is -0.119. The van der Waals surface area contributed by atoms with E-state index < -0.39 is 16.1 Å². The topological polar surface area (TPSA) is 104 Å². The van der Waals surface area contributed by atoms with Gasteiger partial charge >= 0.3 is 0 Å². The monoisotopic (exact) mass is 482 g/mol. The highest BCUT2D eigenvalue weighted by Crippen LogP contribution is 2.32. The number of H-pyrrole nitrogens is 1. The molecular formula is C23H22N4O4S2. The van der Waals surface area contributed by atoms with E-state index in [-0.39, 0.29) is 10.8 Å². The number of thiazole rings is 1. The molecule has 170 valence electrons. The molecule has 1 aliphatic rings. The number of sulfonamides is 1. The molecule has 4 aromatic rings. The molecule has 1 saturated heterocycles. The molecule has 33 heavy (non-hydrogen) atoms. The quantitative estimate of drug-likeness (QED) is 0.431. The van der Waals surface area contributed by atoms with Crippen molar-refractivity contribution in [2.24, 2.45) is 0 Å². The third-order valence-corrected chi connectivity index (χ3v) is 8.45. The molecule has 10 heteroatoms. The van der Waals surface area contributed by atoms with Crippen molar-refractivity contribution in [1.29, 1.82) is 0 Å². The highest BCUT2D eigenvalue weighted by Gasteiger charge is 2.39. The molecule has 5 rings (SSSR count). The zero-order valence-corrected chi connectivity index (χ0v) is 19.4. The summed E-state index contributed by atoms with van der Waals surface area (Å²) in [5.41, 5.74) is 2.71. The number of carbonyl (C=O) groups excluding carboxylic acids is 1. The molecule has 0 saturated carbocycles. The number of para-hydroxylation sites is 1. The normalized spacial score (nSPS) is 16.8. The predicted octanol–water partition coefficient (Wildman–Crippen LogP) is 4.09. The Balaban J connectivity index is 1.34. The Kier molecular flexibility index (Phi) is 5.65. The SMILES string of the molecule is COc1ccc(S(=O)(=O)N2CCC[C@@H]2C(=O)Nc2nc(-c3c[nH]c4ccccc34)cs2)cc1. The first-order chi connectivity index (χ1) is 16.0. The summed E-state index contributed by atoms with van der Waals surface area (Å²) in [5, 5.41) is 6.19. The third kappa shape index (κ3) is 4.01. The number of hydrogen-bond acceptors (Lipinski definition) is 6. The van der Waals surface area contributed by atoms with Gasteiger partial charge in [-0.15, -0.1) is 11.3 Å². The number of amides is 1. The van der Waals surface area contributed by atoms with Crippen molar-refractivity contribution in [2.45, 2.75) is 23.8 Å². The smallest absolute Gasteiger partial charge is 0.244 e. The maximum Gasteiger partial charge on any atom is 0.244 e. The molecule has 2 aromatic heterocycles. The Morgan fingerprint density at radius 2 is 2.00 bits per heavy atom. The van der Waals surface area contributed by atoms with E-state index in [1.165, 1.54) is 34.9 Å². The van der Waals surface area contributed by atoms with Crippen molar-refractivity contribution in [1.82, 2.24) is 14.3 Å². The van der Waals surface area contributed by atoms with Crippen molar-refractivity contribution in [3.05, 3.63) is 60.1 Å². The Labute approximate surface area is 195 Å². The number of aromatic amines is 1. The first-order valence-electron chi connectivity index (χ1n) is 10.5. The number of fused-ring (bicyclic) bond motifs is 1. The van der Waals surface area contributed by atoms with Gasteiger partial charge < -0.3 is 15.0 Å². The molecule has 3 heterocycles.